The molecule has 0 aromatic carbocycles. The van der Waals surface area contributed by atoms with Crippen LogP contribution in [-0.2, 0) is 0 Å². The van der Waals surface area contributed by atoms with Crippen molar-refractivity contribution in [3.8, 4) is 0 Å². The molecule has 1 fully saturated rings. The fourth-order valence-electron chi connectivity index (χ4n) is 1.80. The summed E-state index contributed by atoms with van der Waals surface area (Å²) in [6, 6.07) is 0. The fourth-order valence-corrected chi connectivity index (χ4v) is 3.09. The normalized spacial score (nSPS) is 21.4. The van der Waals surface area contributed by atoms with E-state index in [9.17, 15) is 0 Å². The molecule has 0 bridgehead atoms. The molecule has 14 heavy (non-hydrogen) atoms. The second-order valence-corrected chi connectivity index (χ2v) is 5.07. The first-order chi connectivity index (χ1) is 6.77. The van der Waals surface area contributed by atoms with Gasteiger partial charge in [0.2, 0.25) is 0 Å². The fraction of sp³-hybridized carbons (Fsp3) is 0.700. The topological polar surface area (TPSA) is 40.7 Å². The van der Waals surface area contributed by atoms with Crippen LogP contribution in [0.1, 0.15) is 17.8 Å². The molecule has 1 aliphatic rings. The Morgan fingerprint density at radius 1 is 1.57 bits per heavy atom. The molecule has 0 radical (unpaired) electrons. The van der Waals surface area contributed by atoms with E-state index in [1.54, 1.807) is 0 Å². The van der Waals surface area contributed by atoms with Gasteiger partial charge in [0.25, 0.3) is 0 Å². The zero-order valence-corrected chi connectivity index (χ0v) is 9.58. The number of anilines is 1. The zero-order valence-electron chi connectivity index (χ0n) is 8.76. The van der Waals surface area contributed by atoms with Gasteiger partial charge in [-0.2, -0.15) is 16.9 Å². The van der Waals surface area contributed by atoms with Crippen molar-refractivity contribution >= 4 is 17.4 Å². The molecule has 1 aromatic heterocycles. The maximum atomic E-state index is 4.17. The van der Waals surface area contributed by atoms with Crippen LogP contribution >= 0.6 is 11.8 Å². The van der Waals surface area contributed by atoms with E-state index in [0.717, 1.165) is 23.9 Å². The number of nitrogens with one attached hydrogen (secondary N) is 2. The summed E-state index contributed by atoms with van der Waals surface area (Å²) in [5.74, 6) is 3.48. The Kier molecular flexibility index (Phi) is 3.01. The highest BCUT2D eigenvalue weighted by molar-refractivity contribution is 7.99. The van der Waals surface area contributed by atoms with Crippen molar-refractivity contribution in [2.45, 2.75) is 20.3 Å². The molecule has 1 aromatic rings. The quantitative estimate of drug-likeness (QED) is 0.805. The van der Waals surface area contributed by atoms with Gasteiger partial charge in [-0.1, -0.05) is 0 Å². The Hall–Kier alpha value is -0.640. The third kappa shape index (κ3) is 2.05. The van der Waals surface area contributed by atoms with E-state index in [0.29, 0.717) is 0 Å². The van der Waals surface area contributed by atoms with Gasteiger partial charge in [-0.25, -0.2) is 0 Å². The van der Waals surface area contributed by atoms with Crippen molar-refractivity contribution in [2.24, 2.45) is 5.92 Å². The van der Waals surface area contributed by atoms with Crippen molar-refractivity contribution in [3.05, 3.63) is 11.4 Å². The van der Waals surface area contributed by atoms with E-state index in [1.807, 2.05) is 6.92 Å². The maximum Gasteiger partial charge on any atom is 0.0825 e. The van der Waals surface area contributed by atoms with Gasteiger partial charge < -0.3 is 5.32 Å². The lowest BCUT2D eigenvalue weighted by atomic mass is 10.1. The van der Waals surface area contributed by atoms with Gasteiger partial charge in [0.05, 0.1) is 17.1 Å². The van der Waals surface area contributed by atoms with Crippen LogP contribution in [0.2, 0.25) is 0 Å². The Labute approximate surface area is 89.1 Å². The largest absolute Gasteiger partial charge is 0.382 e. The monoisotopic (exact) mass is 211 g/mol. The molecule has 1 saturated heterocycles. The van der Waals surface area contributed by atoms with E-state index in [1.165, 1.54) is 23.6 Å². The standard InChI is InChI=1S/C10H17N3S/c1-7-10(8(2)13-12-7)11-5-9-3-4-14-6-9/h9,11H,3-6H2,1-2H3,(H,12,13). The summed E-state index contributed by atoms with van der Waals surface area (Å²) in [5.41, 5.74) is 3.42. The molecule has 0 saturated carbocycles. The highest BCUT2D eigenvalue weighted by Crippen LogP contribution is 2.24. The molecule has 2 heterocycles. The van der Waals surface area contributed by atoms with Gasteiger partial charge in [0.1, 0.15) is 0 Å². The SMILES string of the molecule is Cc1n[nH]c(C)c1NCC1CCSC1. The number of hydrogen-bond donors (Lipinski definition) is 2. The third-order valence-corrected chi connectivity index (χ3v) is 3.95. The molecule has 2 rings (SSSR count). The van der Waals surface area contributed by atoms with E-state index >= 15 is 0 Å². The molecule has 2 N–H and O–H groups in total. The Morgan fingerprint density at radius 2 is 2.43 bits per heavy atom. The summed E-state index contributed by atoms with van der Waals surface area (Å²) in [6.07, 6.45) is 1.35. The lowest BCUT2D eigenvalue weighted by Crippen LogP contribution is -2.14. The molecule has 1 aliphatic heterocycles. The number of H-pyrrole nitrogens is 1. The maximum absolute atomic E-state index is 4.17. The van der Waals surface area contributed by atoms with Crippen molar-refractivity contribution in [1.82, 2.24) is 10.2 Å². The van der Waals surface area contributed by atoms with Crippen molar-refractivity contribution in [3.63, 3.8) is 0 Å². The van der Waals surface area contributed by atoms with E-state index < -0.39 is 0 Å². The summed E-state index contributed by atoms with van der Waals surface area (Å²) in [6.45, 7) is 5.19. The second-order valence-electron chi connectivity index (χ2n) is 3.92. The minimum Gasteiger partial charge on any atom is -0.382 e. The summed E-state index contributed by atoms with van der Waals surface area (Å²) in [4.78, 5) is 0. The van der Waals surface area contributed by atoms with Crippen LogP contribution in [-0.4, -0.2) is 28.2 Å². The minimum atomic E-state index is 0.841. The zero-order chi connectivity index (χ0) is 9.97. The Morgan fingerprint density at radius 3 is 3.00 bits per heavy atom. The summed E-state index contributed by atoms with van der Waals surface area (Å²) in [5, 5.41) is 10.7. The first-order valence-electron chi connectivity index (χ1n) is 5.10. The number of rotatable bonds is 3. The summed E-state index contributed by atoms with van der Waals surface area (Å²) in [7, 11) is 0. The first kappa shape index (κ1) is 9.90. The lowest BCUT2D eigenvalue weighted by Gasteiger charge is -2.10. The number of hydrogen-bond acceptors (Lipinski definition) is 3. The van der Waals surface area contributed by atoms with E-state index in [-0.39, 0.29) is 0 Å². The highest BCUT2D eigenvalue weighted by Gasteiger charge is 2.16. The van der Waals surface area contributed by atoms with Crippen LogP contribution in [0.5, 0.6) is 0 Å². The van der Waals surface area contributed by atoms with E-state index in [2.05, 4.69) is 34.2 Å². The van der Waals surface area contributed by atoms with E-state index in [4.69, 9.17) is 0 Å². The van der Waals surface area contributed by atoms with Crippen molar-refractivity contribution in [2.75, 3.05) is 23.4 Å². The molecule has 4 heteroatoms. The molecular weight excluding hydrogens is 194 g/mol. The molecule has 1 atom stereocenters. The third-order valence-electron chi connectivity index (χ3n) is 2.72. The number of aromatic amines is 1. The molecular formula is C10H17N3S. The second kappa shape index (κ2) is 4.26. The molecule has 3 nitrogen and oxygen atoms in total. The minimum absolute atomic E-state index is 0.841. The van der Waals surface area contributed by atoms with Gasteiger partial charge in [-0.05, 0) is 37.7 Å². The predicted molar refractivity (Wildman–Crippen MR) is 62.0 cm³/mol. The molecule has 0 aliphatic carbocycles. The molecule has 1 unspecified atom stereocenters. The number of thioether (sulfide) groups is 1. The number of aryl methyl sites for hydroxylation is 2. The smallest absolute Gasteiger partial charge is 0.0825 e. The Balaban J connectivity index is 1.90. The number of nitrogens with zero attached hydrogens (tertiary/aromatic N) is 1. The van der Waals surface area contributed by atoms with Crippen LogP contribution in [0.3, 0.4) is 0 Å². The van der Waals surface area contributed by atoms with Crippen LogP contribution in [0, 0.1) is 19.8 Å². The van der Waals surface area contributed by atoms with Gasteiger partial charge in [-0.15, -0.1) is 0 Å². The van der Waals surface area contributed by atoms with Gasteiger partial charge >= 0.3 is 0 Å². The molecule has 0 spiro atoms. The average molecular weight is 211 g/mol. The lowest BCUT2D eigenvalue weighted by molar-refractivity contribution is 0.631. The average Bonchev–Trinajstić information content (AvgIpc) is 2.76. The Bertz CT molecular complexity index is 283. The van der Waals surface area contributed by atoms with Crippen LogP contribution in [0.25, 0.3) is 0 Å². The number of aromatic nitrogens is 2. The highest BCUT2D eigenvalue weighted by atomic mass is 32.2. The summed E-state index contributed by atoms with van der Waals surface area (Å²) >= 11 is 2.06. The molecule has 78 valence electrons. The van der Waals surface area contributed by atoms with Crippen molar-refractivity contribution < 1.29 is 0 Å². The predicted octanol–water partition coefficient (Wildman–Crippen LogP) is 2.19. The van der Waals surface area contributed by atoms with Gasteiger partial charge in [0, 0.05) is 6.54 Å². The van der Waals surface area contributed by atoms with Gasteiger partial charge in [0.15, 0.2) is 0 Å². The van der Waals surface area contributed by atoms with Gasteiger partial charge in [-0.3, -0.25) is 5.10 Å². The van der Waals surface area contributed by atoms with Crippen LogP contribution < -0.4 is 5.32 Å². The van der Waals surface area contributed by atoms with Crippen LogP contribution in [0.4, 0.5) is 5.69 Å². The van der Waals surface area contributed by atoms with Crippen LogP contribution in [0.15, 0.2) is 0 Å². The first-order valence-corrected chi connectivity index (χ1v) is 6.26. The molecule has 0 amide bonds. The summed E-state index contributed by atoms with van der Waals surface area (Å²) < 4.78 is 0. The van der Waals surface area contributed by atoms with Crippen molar-refractivity contribution in [1.29, 1.82) is 0 Å².